The predicted octanol–water partition coefficient (Wildman–Crippen LogP) is 2.00. The molecular weight excluding hydrogens is 194 g/mol. The van der Waals surface area contributed by atoms with Gasteiger partial charge in [0.25, 0.3) is 0 Å². The van der Waals surface area contributed by atoms with Crippen LogP contribution in [0.4, 0.5) is 0 Å². The van der Waals surface area contributed by atoms with Gasteiger partial charge in [-0.3, -0.25) is 0 Å². The Morgan fingerprint density at radius 1 is 1.36 bits per heavy atom. The van der Waals surface area contributed by atoms with Crippen molar-refractivity contribution in [3.05, 3.63) is 34.9 Å². The maximum absolute atomic E-state index is 5.83. The first-order valence-electron chi connectivity index (χ1n) is 5.33. The molecule has 1 nitrogen and oxygen atoms in total. The first-order valence-corrected chi connectivity index (χ1v) is 5.71. The van der Waals surface area contributed by atoms with E-state index >= 15 is 0 Å². The molecule has 2 N–H and O–H groups in total. The smallest absolute Gasteiger partial charge is 0.0873 e. The molecule has 1 aliphatic carbocycles. The Morgan fingerprint density at radius 3 is 2.57 bits per heavy atom. The van der Waals surface area contributed by atoms with E-state index in [-0.39, 0.29) is 0 Å². The average molecular weight is 211 g/mol. The zero-order chi connectivity index (χ0) is 9.97. The van der Waals surface area contributed by atoms with Gasteiger partial charge in [0.15, 0.2) is 0 Å². The summed E-state index contributed by atoms with van der Waals surface area (Å²) < 4.78 is 0. The zero-order valence-corrected chi connectivity index (χ0v) is 9.30. The average Bonchev–Trinajstić information content (AvgIpc) is 2.93. The van der Waals surface area contributed by atoms with Gasteiger partial charge in [0.2, 0.25) is 0 Å². The third kappa shape index (κ3) is 3.00. The van der Waals surface area contributed by atoms with Gasteiger partial charge in [-0.15, -0.1) is 0 Å². The van der Waals surface area contributed by atoms with Crippen LogP contribution in [0.2, 0.25) is 5.02 Å². The van der Waals surface area contributed by atoms with Crippen molar-refractivity contribution >= 4 is 11.6 Å². The molecule has 1 atom stereocenters. The fraction of sp³-hybridized carbons (Fsp3) is 0.500. The van der Waals surface area contributed by atoms with Gasteiger partial charge >= 0.3 is 0 Å². The number of quaternary nitrogens is 1. The second-order valence-corrected chi connectivity index (χ2v) is 4.77. The first kappa shape index (κ1) is 10.0. The van der Waals surface area contributed by atoms with E-state index in [1.807, 2.05) is 12.1 Å². The van der Waals surface area contributed by atoms with E-state index < -0.39 is 0 Å². The molecule has 0 radical (unpaired) electrons. The Hall–Kier alpha value is -0.530. The van der Waals surface area contributed by atoms with Crippen molar-refractivity contribution in [1.29, 1.82) is 0 Å². The first-order chi connectivity index (χ1) is 6.74. The lowest BCUT2D eigenvalue weighted by Gasteiger charge is -2.09. The summed E-state index contributed by atoms with van der Waals surface area (Å²) in [5, 5.41) is 3.32. The quantitative estimate of drug-likeness (QED) is 0.783. The van der Waals surface area contributed by atoms with Gasteiger partial charge in [-0.25, -0.2) is 0 Å². The van der Waals surface area contributed by atoms with E-state index in [0.717, 1.165) is 17.5 Å². The number of halogens is 1. The number of rotatable bonds is 4. The fourth-order valence-corrected chi connectivity index (χ4v) is 1.94. The summed E-state index contributed by atoms with van der Waals surface area (Å²) >= 11 is 5.83. The normalized spacial score (nSPS) is 18.1. The third-order valence-corrected chi connectivity index (χ3v) is 2.95. The lowest BCUT2D eigenvalue weighted by Crippen LogP contribution is -2.91. The summed E-state index contributed by atoms with van der Waals surface area (Å²) in [7, 11) is 0. The predicted molar refractivity (Wildman–Crippen MR) is 59.6 cm³/mol. The second-order valence-electron chi connectivity index (χ2n) is 4.34. The van der Waals surface area contributed by atoms with Gasteiger partial charge in [-0.05, 0) is 24.6 Å². The monoisotopic (exact) mass is 210 g/mol. The Bertz CT molecular complexity index is 290. The highest BCUT2D eigenvalue weighted by molar-refractivity contribution is 6.30. The SMILES string of the molecule is C[C@H](Cc1ccc(Cl)cc1)[NH2+]C1CC1. The molecule has 1 aromatic rings. The molecule has 1 aromatic carbocycles. The standard InChI is InChI=1S/C12H16ClN/c1-9(14-12-6-7-12)8-10-2-4-11(13)5-3-10/h2-5,9,12,14H,6-8H2,1H3/p+1/t9-/m1/s1. The van der Waals surface area contributed by atoms with Gasteiger partial charge in [-0.1, -0.05) is 23.7 Å². The van der Waals surface area contributed by atoms with Crippen molar-refractivity contribution < 1.29 is 5.32 Å². The van der Waals surface area contributed by atoms with E-state index in [9.17, 15) is 0 Å². The third-order valence-electron chi connectivity index (χ3n) is 2.69. The van der Waals surface area contributed by atoms with Gasteiger partial charge in [0.05, 0.1) is 12.1 Å². The highest BCUT2D eigenvalue weighted by Gasteiger charge is 2.27. The van der Waals surface area contributed by atoms with E-state index in [4.69, 9.17) is 11.6 Å². The van der Waals surface area contributed by atoms with E-state index in [0.29, 0.717) is 6.04 Å². The Labute approximate surface area is 90.5 Å². The summed E-state index contributed by atoms with van der Waals surface area (Å²) in [4.78, 5) is 0. The van der Waals surface area contributed by atoms with Crippen LogP contribution in [0.1, 0.15) is 25.3 Å². The Kier molecular flexibility index (Phi) is 3.09. The molecule has 2 rings (SSSR count). The minimum atomic E-state index is 0.698. The minimum absolute atomic E-state index is 0.698. The summed E-state index contributed by atoms with van der Waals surface area (Å²) in [6.07, 6.45) is 3.96. The molecule has 1 aliphatic rings. The molecule has 0 aliphatic heterocycles. The van der Waals surface area contributed by atoms with E-state index in [1.54, 1.807) is 0 Å². The molecule has 0 spiro atoms. The van der Waals surface area contributed by atoms with Crippen LogP contribution < -0.4 is 5.32 Å². The number of benzene rings is 1. The molecule has 0 saturated heterocycles. The number of hydrogen-bond donors (Lipinski definition) is 1. The van der Waals surface area contributed by atoms with Crippen molar-refractivity contribution in [2.45, 2.75) is 38.3 Å². The van der Waals surface area contributed by atoms with Crippen LogP contribution in [0.5, 0.6) is 0 Å². The molecule has 76 valence electrons. The molecule has 0 amide bonds. The molecule has 0 bridgehead atoms. The molecule has 0 aromatic heterocycles. The molecule has 1 fully saturated rings. The zero-order valence-electron chi connectivity index (χ0n) is 8.54. The van der Waals surface area contributed by atoms with Gasteiger partial charge in [0, 0.05) is 24.3 Å². The van der Waals surface area contributed by atoms with Gasteiger partial charge in [-0.2, -0.15) is 0 Å². The molecular formula is C12H17ClN+. The maximum Gasteiger partial charge on any atom is 0.0873 e. The molecule has 0 heterocycles. The van der Waals surface area contributed by atoms with E-state index in [1.165, 1.54) is 18.4 Å². The number of hydrogen-bond acceptors (Lipinski definition) is 0. The molecule has 0 unspecified atom stereocenters. The Balaban J connectivity index is 1.85. The van der Waals surface area contributed by atoms with Crippen LogP contribution in [-0.2, 0) is 6.42 Å². The molecule has 1 saturated carbocycles. The maximum atomic E-state index is 5.83. The lowest BCUT2D eigenvalue weighted by atomic mass is 10.1. The molecule has 14 heavy (non-hydrogen) atoms. The van der Waals surface area contributed by atoms with Crippen LogP contribution in [0, 0.1) is 0 Å². The van der Waals surface area contributed by atoms with Crippen molar-refractivity contribution in [1.82, 2.24) is 0 Å². The van der Waals surface area contributed by atoms with Crippen LogP contribution in [0.15, 0.2) is 24.3 Å². The van der Waals surface area contributed by atoms with Crippen molar-refractivity contribution in [2.24, 2.45) is 0 Å². The largest absolute Gasteiger partial charge is 0.341 e. The summed E-state index contributed by atoms with van der Waals surface area (Å²) in [5.41, 5.74) is 1.39. The summed E-state index contributed by atoms with van der Waals surface area (Å²) in [6, 6.07) is 9.81. The van der Waals surface area contributed by atoms with Crippen LogP contribution >= 0.6 is 11.6 Å². The van der Waals surface area contributed by atoms with Crippen molar-refractivity contribution in [3.8, 4) is 0 Å². The Morgan fingerprint density at radius 2 is 2.00 bits per heavy atom. The topological polar surface area (TPSA) is 16.6 Å². The van der Waals surface area contributed by atoms with E-state index in [2.05, 4.69) is 24.4 Å². The highest BCUT2D eigenvalue weighted by Crippen LogP contribution is 2.15. The van der Waals surface area contributed by atoms with Gasteiger partial charge in [0.1, 0.15) is 0 Å². The van der Waals surface area contributed by atoms with Gasteiger partial charge < -0.3 is 5.32 Å². The summed E-state index contributed by atoms with van der Waals surface area (Å²) in [5.74, 6) is 0. The number of nitrogens with two attached hydrogens (primary N) is 1. The van der Waals surface area contributed by atoms with Crippen LogP contribution in [-0.4, -0.2) is 12.1 Å². The lowest BCUT2D eigenvalue weighted by molar-refractivity contribution is -0.698. The van der Waals surface area contributed by atoms with Crippen LogP contribution in [0.25, 0.3) is 0 Å². The van der Waals surface area contributed by atoms with Crippen LogP contribution in [0.3, 0.4) is 0 Å². The van der Waals surface area contributed by atoms with Crippen molar-refractivity contribution in [2.75, 3.05) is 0 Å². The second kappa shape index (κ2) is 4.33. The summed E-state index contributed by atoms with van der Waals surface area (Å²) in [6.45, 7) is 2.30. The minimum Gasteiger partial charge on any atom is -0.341 e. The fourth-order valence-electron chi connectivity index (χ4n) is 1.81. The highest BCUT2D eigenvalue weighted by atomic mass is 35.5. The van der Waals surface area contributed by atoms with Crippen molar-refractivity contribution in [3.63, 3.8) is 0 Å². The molecule has 2 heteroatoms.